The van der Waals surface area contributed by atoms with Gasteiger partial charge in [-0.3, -0.25) is 0 Å². The van der Waals surface area contributed by atoms with Gasteiger partial charge in [-0.15, -0.1) is 0 Å². The number of benzene rings is 5. The molecule has 0 unspecified atom stereocenters. The molecule has 5 aromatic rings. The summed E-state index contributed by atoms with van der Waals surface area (Å²) in [6.45, 7) is 6.57. The van der Waals surface area contributed by atoms with E-state index in [1.54, 1.807) is 12.1 Å². The summed E-state index contributed by atoms with van der Waals surface area (Å²) in [5.41, 5.74) is 5.12. The molecule has 0 amide bonds. The first-order valence-corrected chi connectivity index (χ1v) is 12.5. The van der Waals surface area contributed by atoms with Gasteiger partial charge in [0.1, 0.15) is 5.75 Å². The van der Waals surface area contributed by atoms with Crippen molar-refractivity contribution in [1.29, 1.82) is 0 Å². The van der Waals surface area contributed by atoms with Crippen LogP contribution in [0.3, 0.4) is 0 Å². The third kappa shape index (κ3) is 11.9. The summed E-state index contributed by atoms with van der Waals surface area (Å²) >= 11 is 0. The standard InChI is InChI=1S/C12H10O.C9H12.C8H10.C6H6/c13-12-8-6-11(7-9-12)10-4-2-1-3-5-10;1-8(2)9-6-4-3-5-7-9;1-2-8-6-4-3-5-7-8;1-2-4-6-5-3-1/h1-9,13H;3-8H,1-2H3;3-7H,2H2,1H3;1-6H. The van der Waals surface area contributed by atoms with Gasteiger partial charge in [-0.2, -0.15) is 0 Å². The van der Waals surface area contributed by atoms with Crippen LogP contribution in [0.25, 0.3) is 11.1 Å². The summed E-state index contributed by atoms with van der Waals surface area (Å²) in [6, 6.07) is 50.3. The zero-order valence-electron chi connectivity index (χ0n) is 21.7. The average Bonchev–Trinajstić information content (AvgIpc) is 2.97. The molecule has 0 saturated carbocycles. The second-order valence-corrected chi connectivity index (χ2v) is 8.47. The van der Waals surface area contributed by atoms with Crippen LogP contribution >= 0.6 is 0 Å². The minimum atomic E-state index is 0.305. The van der Waals surface area contributed by atoms with Crippen molar-refractivity contribution in [2.45, 2.75) is 33.1 Å². The minimum Gasteiger partial charge on any atom is -0.508 e. The van der Waals surface area contributed by atoms with Crippen molar-refractivity contribution in [3.8, 4) is 16.9 Å². The molecular formula is C35H38O. The molecule has 0 aromatic heterocycles. The molecule has 0 spiro atoms. The molecule has 0 radical (unpaired) electrons. The van der Waals surface area contributed by atoms with Crippen LogP contribution in [0.4, 0.5) is 0 Å². The van der Waals surface area contributed by atoms with Gasteiger partial charge in [0.05, 0.1) is 0 Å². The van der Waals surface area contributed by atoms with Crippen LogP contribution in [0.5, 0.6) is 5.75 Å². The first-order chi connectivity index (χ1) is 17.6. The Morgan fingerprint density at radius 1 is 0.472 bits per heavy atom. The van der Waals surface area contributed by atoms with Crippen LogP contribution in [0, 0.1) is 0 Å². The maximum Gasteiger partial charge on any atom is 0.115 e. The maximum absolute atomic E-state index is 9.10. The van der Waals surface area contributed by atoms with Crippen molar-refractivity contribution < 1.29 is 5.11 Å². The van der Waals surface area contributed by atoms with Crippen molar-refractivity contribution in [3.63, 3.8) is 0 Å². The normalized spacial score (nSPS) is 9.44. The molecule has 0 aliphatic heterocycles. The highest BCUT2D eigenvalue weighted by molar-refractivity contribution is 5.63. The molecule has 184 valence electrons. The molecule has 0 atom stereocenters. The molecule has 1 N–H and O–H groups in total. The maximum atomic E-state index is 9.10. The van der Waals surface area contributed by atoms with E-state index < -0.39 is 0 Å². The van der Waals surface area contributed by atoms with Gasteiger partial charge in [0.15, 0.2) is 0 Å². The Kier molecular flexibility index (Phi) is 13.6. The largest absolute Gasteiger partial charge is 0.508 e. The highest BCUT2D eigenvalue weighted by Gasteiger charge is 1.95. The Labute approximate surface area is 217 Å². The Hall–Kier alpha value is -4.10. The molecule has 1 heteroatoms. The highest BCUT2D eigenvalue weighted by Crippen LogP contribution is 2.20. The summed E-state index contributed by atoms with van der Waals surface area (Å²) in [5.74, 6) is 0.964. The molecule has 0 fully saturated rings. The zero-order chi connectivity index (χ0) is 25.8. The number of hydrogen-bond donors (Lipinski definition) is 1. The number of rotatable bonds is 3. The van der Waals surface area contributed by atoms with Crippen molar-refractivity contribution in [1.82, 2.24) is 0 Å². The molecular weight excluding hydrogens is 436 g/mol. The van der Waals surface area contributed by atoms with Crippen LogP contribution in [0.15, 0.2) is 152 Å². The van der Waals surface area contributed by atoms with Crippen LogP contribution in [0.2, 0.25) is 0 Å². The molecule has 0 saturated heterocycles. The lowest BCUT2D eigenvalue weighted by molar-refractivity contribution is 0.475. The fourth-order valence-electron chi connectivity index (χ4n) is 3.22. The van der Waals surface area contributed by atoms with E-state index in [2.05, 4.69) is 69.3 Å². The topological polar surface area (TPSA) is 20.2 Å². The predicted octanol–water partition coefficient (Wildman–Crippen LogP) is 9.80. The third-order valence-corrected chi connectivity index (χ3v) is 5.36. The molecule has 5 aromatic carbocycles. The Morgan fingerprint density at radius 3 is 1.19 bits per heavy atom. The van der Waals surface area contributed by atoms with E-state index in [0.717, 1.165) is 12.0 Å². The molecule has 0 heterocycles. The highest BCUT2D eigenvalue weighted by atomic mass is 16.3. The van der Waals surface area contributed by atoms with Gasteiger partial charge in [0.25, 0.3) is 0 Å². The fourth-order valence-corrected chi connectivity index (χ4v) is 3.22. The van der Waals surface area contributed by atoms with E-state index in [1.165, 1.54) is 16.7 Å². The number of aryl methyl sites for hydroxylation is 1. The second-order valence-electron chi connectivity index (χ2n) is 8.47. The van der Waals surface area contributed by atoms with Gasteiger partial charge >= 0.3 is 0 Å². The monoisotopic (exact) mass is 474 g/mol. The molecule has 36 heavy (non-hydrogen) atoms. The van der Waals surface area contributed by atoms with Crippen molar-refractivity contribution in [2.75, 3.05) is 0 Å². The molecule has 5 rings (SSSR count). The molecule has 0 aliphatic carbocycles. The van der Waals surface area contributed by atoms with E-state index in [0.29, 0.717) is 11.7 Å². The van der Waals surface area contributed by atoms with Gasteiger partial charge < -0.3 is 5.11 Å². The van der Waals surface area contributed by atoms with Gasteiger partial charge in [0.2, 0.25) is 0 Å². The number of hydrogen-bond acceptors (Lipinski definition) is 1. The number of phenolic OH excluding ortho intramolecular Hbond substituents is 1. The fraction of sp³-hybridized carbons (Fsp3) is 0.143. The SMILES string of the molecule is CC(C)c1ccccc1.CCc1ccccc1.Oc1ccc(-c2ccccc2)cc1.c1ccccc1. The van der Waals surface area contributed by atoms with Crippen LogP contribution < -0.4 is 0 Å². The Bertz CT molecular complexity index is 1120. The van der Waals surface area contributed by atoms with E-state index in [9.17, 15) is 0 Å². The lowest BCUT2D eigenvalue weighted by atomic mass is 10.0. The van der Waals surface area contributed by atoms with Crippen LogP contribution in [-0.4, -0.2) is 5.11 Å². The average molecular weight is 475 g/mol. The van der Waals surface area contributed by atoms with E-state index in [1.807, 2.05) is 91.0 Å². The predicted molar refractivity (Wildman–Crippen MR) is 156 cm³/mol. The van der Waals surface area contributed by atoms with Gasteiger partial charge in [-0.1, -0.05) is 160 Å². The van der Waals surface area contributed by atoms with Crippen molar-refractivity contribution in [3.05, 3.63) is 163 Å². The lowest BCUT2D eigenvalue weighted by Crippen LogP contribution is -1.83. The smallest absolute Gasteiger partial charge is 0.115 e. The molecule has 0 aliphatic rings. The van der Waals surface area contributed by atoms with Crippen molar-refractivity contribution in [2.24, 2.45) is 0 Å². The van der Waals surface area contributed by atoms with E-state index >= 15 is 0 Å². The summed E-state index contributed by atoms with van der Waals surface area (Å²) < 4.78 is 0. The number of phenols is 1. The number of aromatic hydroxyl groups is 1. The molecule has 0 bridgehead atoms. The second kappa shape index (κ2) is 17.4. The minimum absolute atomic E-state index is 0.305. The Balaban J connectivity index is 0.000000176. The van der Waals surface area contributed by atoms with E-state index in [4.69, 9.17) is 5.11 Å². The Morgan fingerprint density at radius 2 is 0.833 bits per heavy atom. The summed E-state index contributed by atoms with van der Waals surface area (Å²) in [5, 5.41) is 9.10. The molecule has 1 nitrogen and oxygen atoms in total. The quantitative estimate of drug-likeness (QED) is 0.276. The van der Waals surface area contributed by atoms with Crippen molar-refractivity contribution >= 4 is 0 Å². The van der Waals surface area contributed by atoms with Gasteiger partial charge in [0, 0.05) is 0 Å². The van der Waals surface area contributed by atoms with E-state index in [-0.39, 0.29) is 0 Å². The first-order valence-electron chi connectivity index (χ1n) is 12.5. The lowest BCUT2D eigenvalue weighted by Gasteiger charge is -2.01. The van der Waals surface area contributed by atoms with Gasteiger partial charge in [-0.05, 0) is 46.7 Å². The summed E-state index contributed by atoms with van der Waals surface area (Å²) in [6.07, 6.45) is 1.14. The zero-order valence-corrected chi connectivity index (χ0v) is 21.7. The summed E-state index contributed by atoms with van der Waals surface area (Å²) in [7, 11) is 0. The van der Waals surface area contributed by atoms with Crippen LogP contribution in [-0.2, 0) is 6.42 Å². The summed E-state index contributed by atoms with van der Waals surface area (Å²) in [4.78, 5) is 0. The third-order valence-electron chi connectivity index (χ3n) is 5.36. The first kappa shape index (κ1) is 28.1. The van der Waals surface area contributed by atoms with Crippen LogP contribution in [0.1, 0.15) is 37.8 Å². The van der Waals surface area contributed by atoms with Gasteiger partial charge in [-0.25, -0.2) is 0 Å².